The van der Waals surface area contributed by atoms with Crippen LogP contribution >= 0.6 is 0 Å². The first-order chi connectivity index (χ1) is 13.9. The number of aromatic nitrogens is 2. The molecule has 0 N–H and O–H groups in total. The number of rotatable bonds is 6. The van der Waals surface area contributed by atoms with Gasteiger partial charge in [0.05, 0.1) is 0 Å². The van der Waals surface area contributed by atoms with E-state index in [1.165, 1.54) is 25.0 Å². The summed E-state index contributed by atoms with van der Waals surface area (Å²) in [7, 11) is 2.06. The van der Waals surface area contributed by atoms with Crippen molar-refractivity contribution >= 4 is 5.82 Å². The summed E-state index contributed by atoms with van der Waals surface area (Å²) in [6, 6.07) is 8.49. The standard InChI is InChI=1S/C21H25F3N4O/c1-27(19-9-10-25-20(26-19)16-7-8-16)17-5-3-11-28(14-17)13-15-4-2-6-18(12-15)29-21(22,23)24/h2,4,6,9-10,12,16-17H,3,5,7-8,11,13-14H2,1H3. The lowest BCUT2D eigenvalue weighted by molar-refractivity contribution is -0.274. The molecule has 2 aliphatic rings. The molecule has 1 saturated heterocycles. The number of hydrogen-bond donors (Lipinski definition) is 0. The number of piperidine rings is 1. The van der Waals surface area contributed by atoms with Crippen LogP contribution in [-0.4, -0.2) is 47.4 Å². The van der Waals surface area contributed by atoms with E-state index in [0.29, 0.717) is 18.5 Å². The Balaban J connectivity index is 1.39. The van der Waals surface area contributed by atoms with Crippen LogP contribution in [0.2, 0.25) is 0 Å². The van der Waals surface area contributed by atoms with Crippen LogP contribution < -0.4 is 9.64 Å². The van der Waals surface area contributed by atoms with Crippen LogP contribution in [0.4, 0.5) is 19.0 Å². The predicted octanol–water partition coefficient (Wildman–Crippen LogP) is 4.35. The highest BCUT2D eigenvalue weighted by molar-refractivity contribution is 5.39. The Kier molecular flexibility index (Phi) is 5.63. The fourth-order valence-corrected chi connectivity index (χ4v) is 3.88. The van der Waals surface area contributed by atoms with E-state index in [0.717, 1.165) is 43.1 Å². The molecule has 0 spiro atoms. The van der Waals surface area contributed by atoms with Crippen LogP contribution in [0.3, 0.4) is 0 Å². The van der Waals surface area contributed by atoms with Crippen molar-refractivity contribution in [2.24, 2.45) is 0 Å². The molecule has 156 valence electrons. The van der Waals surface area contributed by atoms with Gasteiger partial charge in [-0.25, -0.2) is 9.97 Å². The number of alkyl halides is 3. The predicted molar refractivity (Wildman–Crippen MR) is 104 cm³/mol. The van der Waals surface area contributed by atoms with Crippen molar-refractivity contribution in [3.8, 4) is 5.75 Å². The molecule has 1 atom stereocenters. The van der Waals surface area contributed by atoms with Gasteiger partial charge in [0, 0.05) is 38.3 Å². The first-order valence-corrected chi connectivity index (χ1v) is 10.0. The summed E-state index contributed by atoms with van der Waals surface area (Å²) in [5, 5.41) is 0. The third-order valence-electron chi connectivity index (χ3n) is 5.53. The molecule has 1 unspecified atom stereocenters. The number of likely N-dealkylation sites (tertiary alicyclic amines) is 1. The average Bonchev–Trinajstić information content (AvgIpc) is 3.52. The van der Waals surface area contributed by atoms with E-state index in [1.807, 2.05) is 18.3 Å². The van der Waals surface area contributed by atoms with Crippen molar-refractivity contribution in [1.29, 1.82) is 0 Å². The summed E-state index contributed by atoms with van der Waals surface area (Å²) >= 11 is 0. The van der Waals surface area contributed by atoms with E-state index in [2.05, 4.69) is 26.6 Å². The van der Waals surface area contributed by atoms with Gasteiger partial charge < -0.3 is 9.64 Å². The molecule has 4 rings (SSSR count). The summed E-state index contributed by atoms with van der Waals surface area (Å²) in [4.78, 5) is 13.6. The Morgan fingerprint density at radius 3 is 2.79 bits per heavy atom. The third-order valence-corrected chi connectivity index (χ3v) is 5.53. The van der Waals surface area contributed by atoms with Crippen molar-refractivity contribution in [2.75, 3.05) is 25.0 Å². The highest BCUT2D eigenvalue weighted by Gasteiger charge is 2.31. The van der Waals surface area contributed by atoms with Gasteiger partial charge in [-0.05, 0) is 56.0 Å². The van der Waals surface area contributed by atoms with E-state index >= 15 is 0 Å². The molecule has 0 amide bonds. The molecule has 29 heavy (non-hydrogen) atoms. The van der Waals surface area contributed by atoms with Gasteiger partial charge in [0.2, 0.25) is 0 Å². The van der Waals surface area contributed by atoms with Crippen LogP contribution in [0.1, 0.15) is 43.0 Å². The van der Waals surface area contributed by atoms with Crippen molar-refractivity contribution < 1.29 is 17.9 Å². The summed E-state index contributed by atoms with van der Waals surface area (Å²) in [5.41, 5.74) is 0.813. The Labute approximate surface area is 168 Å². The molecule has 1 aliphatic carbocycles. The van der Waals surface area contributed by atoms with Gasteiger partial charge >= 0.3 is 6.36 Å². The van der Waals surface area contributed by atoms with E-state index < -0.39 is 6.36 Å². The molecule has 8 heteroatoms. The second-order valence-electron chi connectivity index (χ2n) is 7.88. The van der Waals surface area contributed by atoms with Gasteiger partial charge in [-0.1, -0.05) is 12.1 Å². The lowest BCUT2D eigenvalue weighted by atomic mass is 10.0. The number of hydrogen-bond acceptors (Lipinski definition) is 5. The van der Waals surface area contributed by atoms with Gasteiger partial charge in [-0.3, -0.25) is 4.90 Å². The molecular formula is C21H25F3N4O. The zero-order valence-corrected chi connectivity index (χ0v) is 16.4. The van der Waals surface area contributed by atoms with Gasteiger partial charge in [0.25, 0.3) is 0 Å². The first kappa shape index (κ1) is 19.9. The fourth-order valence-electron chi connectivity index (χ4n) is 3.88. The van der Waals surface area contributed by atoms with Crippen molar-refractivity contribution in [3.63, 3.8) is 0 Å². The molecule has 0 bridgehead atoms. The summed E-state index contributed by atoms with van der Waals surface area (Å²) in [6.45, 7) is 2.35. The third kappa shape index (κ3) is 5.38. The monoisotopic (exact) mass is 406 g/mol. The second kappa shape index (κ2) is 8.18. The molecule has 1 aromatic carbocycles. The highest BCUT2D eigenvalue weighted by atomic mass is 19.4. The van der Waals surface area contributed by atoms with Crippen LogP contribution in [0.25, 0.3) is 0 Å². The SMILES string of the molecule is CN(c1ccnc(C2CC2)n1)C1CCCN(Cc2cccc(OC(F)(F)F)c2)C1. The molecule has 5 nitrogen and oxygen atoms in total. The van der Waals surface area contributed by atoms with E-state index in [1.54, 1.807) is 6.07 Å². The van der Waals surface area contributed by atoms with E-state index in [9.17, 15) is 13.2 Å². The maximum atomic E-state index is 12.5. The zero-order chi connectivity index (χ0) is 20.4. The van der Waals surface area contributed by atoms with Crippen molar-refractivity contribution in [1.82, 2.24) is 14.9 Å². The molecule has 2 fully saturated rings. The number of ether oxygens (including phenoxy) is 1. The number of halogens is 3. The maximum absolute atomic E-state index is 12.5. The van der Waals surface area contributed by atoms with E-state index in [4.69, 9.17) is 4.98 Å². The minimum atomic E-state index is -4.67. The van der Waals surface area contributed by atoms with E-state index in [-0.39, 0.29) is 5.75 Å². The topological polar surface area (TPSA) is 41.5 Å². The highest BCUT2D eigenvalue weighted by Crippen LogP contribution is 2.38. The molecule has 2 heterocycles. The summed E-state index contributed by atoms with van der Waals surface area (Å²) < 4.78 is 41.4. The quantitative estimate of drug-likeness (QED) is 0.713. The normalized spacial score (nSPS) is 20.5. The molecule has 2 aromatic rings. The lowest BCUT2D eigenvalue weighted by Gasteiger charge is -2.38. The van der Waals surface area contributed by atoms with Crippen molar-refractivity contribution in [3.05, 3.63) is 47.9 Å². The maximum Gasteiger partial charge on any atom is 0.573 e. The van der Waals surface area contributed by atoms with Crippen LogP contribution in [0.15, 0.2) is 36.5 Å². The molecule has 1 aliphatic heterocycles. The van der Waals surface area contributed by atoms with Crippen LogP contribution in [-0.2, 0) is 6.54 Å². The molecular weight excluding hydrogens is 381 g/mol. The summed E-state index contributed by atoms with van der Waals surface area (Å²) in [5.74, 6) is 2.21. The Morgan fingerprint density at radius 2 is 2.03 bits per heavy atom. The molecule has 1 aromatic heterocycles. The molecule has 1 saturated carbocycles. The Bertz CT molecular complexity index is 841. The van der Waals surface area contributed by atoms with Gasteiger partial charge in [0.15, 0.2) is 0 Å². The first-order valence-electron chi connectivity index (χ1n) is 10.0. The van der Waals surface area contributed by atoms with Gasteiger partial charge in [-0.2, -0.15) is 0 Å². The average molecular weight is 406 g/mol. The Morgan fingerprint density at radius 1 is 1.21 bits per heavy atom. The van der Waals surface area contributed by atoms with Crippen LogP contribution in [0, 0.1) is 0 Å². The molecule has 0 radical (unpaired) electrons. The Hall–Kier alpha value is -2.35. The number of benzene rings is 1. The number of likely N-dealkylation sites (N-methyl/N-ethyl adjacent to an activating group) is 1. The number of nitrogens with zero attached hydrogens (tertiary/aromatic N) is 4. The minimum absolute atomic E-state index is 0.172. The minimum Gasteiger partial charge on any atom is -0.406 e. The van der Waals surface area contributed by atoms with Gasteiger partial charge in [-0.15, -0.1) is 13.2 Å². The second-order valence-corrected chi connectivity index (χ2v) is 7.88. The fraction of sp³-hybridized carbons (Fsp3) is 0.524. The van der Waals surface area contributed by atoms with Crippen molar-refractivity contribution in [2.45, 2.75) is 50.6 Å². The zero-order valence-electron chi connectivity index (χ0n) is 16.4. The summed E-state index contributed by atoms with van der Waals surface area (Å²) in [6.07, 6.45) is 1.60. The smallest absolute Gasteiger partial charge is 0.406 e. The van der Waals surface area contributed by atoms with Gasteiger partial charge in [0.1, 0.15) is 17.4 Å². The number of anilines is 1. The lowest BCUT2D eigenvalue weighted by Crippen LogP contribution is -2.46. The largest absolute Gasteiger partial charge is 0.573 e. The van der Waals surface area contributed by atoms with Crippen LogP contribution in [0.5, 0.6) is 5.75 Å².